The van der Waals surface area contributed by atoms with Gasteiger partial charge in [-0.3, -0.25) is 9.59 Å². The van der Waals surface area contributed by atoms with Crippen molar-refractivity contribution in [1.29, 1.82) is 0 Å². The number of thiophene rings is 1. The van der Waals surface area contributed by atoms with Crippen LogP contribution >= 0.6 is 23.1 Å². The summed E-state index contributed by atoms with van der Waals surface area (Å²) in [5.41, 5.74) is 0. The van der Waals surface area contributed by atoms with Crippen LogP contribution in [0.3, 0.4) is 0 Å². The maximum absolute atomic E-state index is 11.7. The molecule has 5 heteroatoms. The van der Waals surface area contributed by atoms with E-state index in [1.807, 2.05) is 41.8 Å². The van der Waals surface area contributed by atoms with Gasteiger partial charge in [0.2, 0.25) is 5.91 Å². The zero-order valence-corrected chi connectivity index (χ0v) is 11.8. The Bertz CT molecular complexity index is 538. The molecule has 0 unspecified atom stereocenters. The Hall–Kier alpha value is -1.59. The maximum Gasteiger partial charge on any atom is 0.230 e. The van der Waals surface area contributed by atoms with Gasteiger partial charge in [0.1, 0.15) is 0 Å². The van der Waals surface area contributed by atoms with Gasteiger partial charge in [0.05, 0.1) is 17.2 Å². The van der Waals surface area contributed by atoms with Gasteiger partial charge in [-0.25, -0.2) is 0 Å². The summed E-state index contributed by atoms with van der Waals surface area (Å²) in [6, 6.07) is 13.3. The Morgan fingerprint density at radius 2 is 1.89 bits per heavy atom. The van der Waals surface area contributed by atoms with Gasteiger partial charge in [-0.1, -0.05) is 24.3 Å². The molecule has 3 nitrogen and oxygen atoms in total. The molecule has 1 aromatic heterocycles. The number of rotatable bonds is 6. The smallest absolute Gasteiger partial charge is 0.230 e. The van der Waals surface area contributed by atoms with Crippen LogP contribution in [0.1, 0.15) is 9.67 Å². The number of thioether (sulfide) groups is 1. The van der Waals surface area contributed by atoms with E-state index >= 15 is 0 Å². The number of ketones is 1. The Morgan fingerprint density at radius 3 is 2.58 bits per heavy atom. The molecule has 0 spiro atoms. The van der Waals surface area contributed by atoms with Crippen LogP contribution in [0.4, 0.5) is 0 Å². The number of hydrogen-bond acceptors (Lipinski definition) is 4. The fourth-order valence-electron chi connectivity index (χ4n) is 1.42. The number of nitrogens with one attached hydrogen (secondary N) is 1. The predicted octanol–water partition coefficient (Wildman–Crippen LogP) is 2.84. The summed E-state index contributed by atoms with van der Waals surface area (Å²) in [7, 11) is 0. The lowest BCUT2D eigenvalue weighted by molar-refractivity contribution is -0.118. The number of carbonyl (C=O) groups is 2. The maximum atomic E-state index is 11.7. The summed E-state index contributed by atoms with van der Waals surface area (Å²) >= 11 is 2.84. The van der Waals surface area contributed by atoms with E-state index in [0.29, 0.717) is 10.6 Å². The molecule has 0 radical (unpaired) electrons. The molecule has 0 aliphatic carbocycles. The Morgan fingerprint density at radius 1 is 1.11 bits per heavy atom. The molecule has 1 amide bonds. The van der Waals surface area contributed by atoms with Crippen LogP contribution in [-0.2, 0) is 4.79 Å². The van der Waals surface area contributed by atoms with E-state index in [0.717, 1.165) is 4.90 Å². The summed E-state index contributed by atoms with van der Waals surface area (Å²) in [6.07, 6.45) is 0. The quantitative estimate of drug-likeness (QED) is 0.657. The summed E-state index contributed by atoms with van der Waals surface area (Å²) in [5, 5.41) is 4.49. The first-order valence-corrected chi connectivity index (χ1v) is 7.63. The second-order valence-corrected chi connectivity index (χ2v) is 5.78. The average Bonchev–Trinajstić information content (AvgIpc) is 2.98. The van der Waals surface area contributed by atoms with E-state index in [1.165, 1.54) is 23.1 Å². The van der Waals surface area contributed by atoms with E-state index in [4.69, 9.17) is 0 Å². The van der Waals surface area contributed by atoms with E-state index in [9.17, 15) is 9.59 Å². The minimum absolute atomic E-state index is 0.0481. The van der Waals surface area contributed by atoms with E-state index < -0.39 is 0 Å². The highest BCUT2D eigenvalue weighted by atomic mass is 32.2. The minimum Gasteiger partial charge on any atom is -0.348 e. The van der Waals surface area contributed by atoms with Gasteiger partial charge in [0.25, 0.3) is 0 Å². The van der Waals surface area contributed by atoms with Crippen LogP contribution in [-0.4, -0.2) is 24.0 Å². The first-order valence-electron chi connectivity index (χ1n) is 5.77. The highest BCUT2D eigenvalue weighted by Gasteiger charge is 2.09. The van der Waals surface area contributed by atoms with Crippen molar-refractivity contribution in [2.75, 3.05) is 12.3 Å². The molecule has 19 heavy (non-hydrogen) atoms. The largest absolute Gasteiger partial charge is 0.348 e. The van der Waals surface area contributed by atoms with E-state index in [-0.39, 0.29) is 18.2 Å². The molecule has 1 heterocycles. The van der Waals surface area contributed by atoms with Crippen LogP contribution in [0.15, 0.2) is 52.7 Å². The normalized spacial score (nSPS) is 10.1. The molecular formula is C14H13NO2S2. The summed E-state index contributed by atoms with van der Waals surface area (Å²) in [6.45, 7) is 0.0642. The fraction of sp³-hybridized carbons (Fsp3) is 0.143. The molecule has 1 N–H and O–H groups in total. The third-order valence-corrected chi connectivity index (χ3v) is 4.28. The number of hydrogen-bond donors (Lipinski definition) is 1. The monoisotopic (exact) mass is 291 g/mol. The van der Waals surface area contributed by atoms with Gasteiger partial charge in [-0.05, 0) is 23.6 Å². The fourth-order valence-corrected chi connectivity index (χ4v) is 2.83. The summed E-state index contributed by atoms with van der Waals surface area (Å²) < 4.78 is 0. The van der Waals surface area contributed by atoms with Crippen molar-refractivity contribution < 1.29 is 9.59 Å². The molecular weight excluding hydrogens is 278 g/mol. The number of amides is 1. The van der Waals surface area contributed by atoms with Gasteiger partial charge >= 0.3 is 0 Å². The first kappa shape index (κ1) is 13.8. The zero-order chi connectivity index (χ0) is 13.5. The molecule has 2 aromatic rings. The molecule has 0 saturated heterocycles. The van der Waals surface area contributed by atoms with Crippen molar-refractivity contribution in [1.82, 2.24) is 5.32 Å². The van der Waals surface area contributed by atoms with E-state index in [2.05, 4.69) is 5.32 Å². The minimum atomic E-state index is -0.126. The predicted molar refractivity (Wildman–Crippen MR) is 78.8 cm³/mol. The molecule has 98 valence electrons. The van der Waals surface area contributed by atoms with Crippen molar-refractivity contribution in [3.63, 3.8) is 0 Å². The molecule has 0 fully saturated rings. The van der Waals surface area contributed by atoms with Gasteiger partial charge < -0.3 is 5.32 Å². The van der Waals surface area contributed by atoms with Gasteiger partial charge in [-0.2, -0.15) is 0 Å². The Balaban J connectivity index is 1.72. The third kappa shape index (κ3) is 4.54. The Kier molecular flexibility index (Phi) is 5.18. The van der Waals surface area contributed by atoms with Crippen molar-refractivity contribution in [2.24, 2.45) is 0 Å². The summed E-state index contributed by atoms with van der Waals surface area (Å²) in [5.74, 6) is 0.147. The third-order valence-electron chi connectivity index (χ3n) is 2.36. The highest BCUT2D eigenvalue weighted by Crippen LogP contribution is 2.16. The molecule has 0 aliphatic rings. The van der Waals surface area contributed by atoms with Gasteiger partial charge in [-0.15, -0.1) is 23.1 Å². The average molecular weight is 291 g/mol. The first-order chi connectivity index (χ1) is 9.25. The topological polar surface area (TPSA) is 46.2 Å². The lowest BCUT2D eigenvalue weighted by atomic mass is 10.3. The number of carbonyl (C=O) groups excluding carboxylic acids is 2. The standard InChI is InChI=1S/C14H13NO2S2/c16-12(13-7-4-8-18-13)9-15-14(17)10-19-11-5-2-1-3-6-11/h1-8H,9-10H2,(H,15,17). The molecule has 0 saturated carbocycles. The molecule has 1 aromatic carbocycles. The van der Waals surface area contributed by atoms with Crippen LogP contribution in [0.25, 0.3) is 0 Å². The van der Waals surface area contributed by atoms with Crippen molar-refractivity contribution in [2.45, 2.75) is 4.90 Å². The van der Waals surface area contributed by atoms with Crippen molar-refractivity contribution >= 4 is 34.8 Å². The number of benzene rings is 1. The molecule has 2 rings (SSSR count). The second-order valence-electron chi connectivity index (χ2n) is 3.78. The summed E-state index contributed by atoms with van der Waals surface area (Å²) in [4.78, 5) is 25.0. The highest BCUT2D eigenvalue weighted by molar-refractivity contribution is 8.00. The lowest BCUT2D eigenvalue weighted by Crippen LogP contribution is -2.30. The molecule has 0 atom stereocenters. The number of Topliss-reactive ketones (excluding diaryl/α,β-unsaturated/α-hetero) is 1. The van der Waals surface area contributed by atoms with E-state index in [1.54, 1.807) is 6.07 Å². The molecule has 0 aliphatic heterocycles. The van der Waals surface area contributed by atoms with Crippen LogP contribution in [0.5, 0.6) is 0 Å². The zero-order valence-electron chi connectivity index (χ0n) is 10.2. The van der Waals surface area contributed by atoms with Crippen LogP contribution in [0, 0.1) is 0 Å². The van der Waals surface area contributed by atoms with Crippen molar-refractivity contribution in [3.8, 4) is 0 Å². The van der Waals surface area contributed by atoms with Crippen LogP contribution < -0.4 is 5.32 Å². The Labute approximate surface area is 120 Å². The lowest BCUT2D eigenvalue weighted by Gasteiger charge is -2.03. The van der Waals surface area contributed by atoms with Gasteiger partial charge in [0.15, 0.2) is 5.78 Å². The van der Waals surface area contributed by atoms with Gasteiger partial charge in [0, 0.05) is 4.90 Å². The SMILES string of the molecule is O=C(CSc1ccccc1)NCC(=O)c1cccs1. The van der Waals surface area contributed by atoms with Crippen molar-refractivity contribution in [3.05, 3.63) is 52.7 Å². The second kappa shape index (κ2) is 7.11. The van der Waals surface area contributed by atoms with Crippen LogP contribution in [0.2, 0.25) is 0 Å². The molecule has 0 bridgehead atoms.